The number of benzene rings is 2. The molecule has 0 unspecified atom stereocenters. The van der Waals surface area contributed by atoms with Crippen LogP contribution >= 0.6 is 0 Å². The van der Waals surface area contributed by atoms with E-state index in [1.54, 1.807) is 25.7 Å². The van der Waals surface area contributed by atoms with Crippen LogP contribution < -0.4 is 45.3 Å². The summed E-state index contributed by atoms with van der Waals surface area (Å²) < 4.78 is 11.4. The van der Waals surface area contributed by atoms with Gasteiger partial charge < -0.3 is 37.2 Å². The molecule has 0 aliphatic rings. The van der Waals surface area contributed by atoms with E-state index in [1.807, 2.05) is 38.1 Å². The van der Waals surface area contributed by atoms with Gasteiger partial charge in [-0.3, -0.25) is 0 Å². The molecule has 0 aliphatic heterocycles. The molecule has 0 heterocycles. The van der Waals surface area contributed by atoms with Crippen molar-refractivity contribution in [3.8, 4) is 22.6 Å². The smallest absolute Gasteiger partial charge is 1.00 e. The maximum Gasteiger partial charge on any atom is -1.00 e. The van der Waals surface area contributed by atoms with Crippen molar-refractivity contribution in [3.63, 3.8) is 0 Å². The molecule has 0 atom stereocenters. The number of carbonyl (C=O) groups excluding carboxylic acids is 1. The number of hydrogen-bond acceptors (Lipinski definition) is 3. The molecular formula is C21H26Cl3NO3Ti. The van der Waals surface area contributed by atoms with Gasteiger partial charge in [-0.1, -0.05) is 0 Å². The average Bonchev–Trinajstić information content (AvgIpc) is 2.62. The first-order valence-corrected chi connectivity index (χ1v) is 9.50. The molecule has 2 aromatic carbocycles. The van der Waals surface area contributed by atoms with Gasteiger partial charge in [-0.2, -0.15) is 0 Å². The normalized spacial score (nSPS) is 9.52. The molecule has 2 aromatic rings. The first kappa shape index (κ1) is 30.3. The van der Waals surface area contributed by atoms with Crippen molar-refractivity contribution in [2.45, 2.75) is 41.5 Å². The summed E-state index contributed by atoms with van der Waals surface area (Å²) in [4.78, 5) is 14.2. The molecule has 0 fully saturated rings. The number of rotatable bonds is 5. The molecule has 2 rings (SSSR count). The summed E-state index contributed by atoms with van der Waals surface area (Å²) in [5, 5.41) is 0. The van der Waals surface area contributed by atoms with E-state index in [-0.39, 0.29) is 43.3 Å². The molecule has 4 nitrogen and oxygen atoms in total. The second-order valence-electron chi connectivity index (χ2n) is 6.40. The van der Waals surface area contributed by atoms with Crippen molar-refractivity contribution in [1.29, 1.82) is 0 Å². The first-order valence-electron chi connectivity index (χ1n) is 8.86. The molecule has 0 bridgehead atoms. The van der Waals surface area contributed by atoms with Gasteiger partial charge in [-0.15, -0.1) is 0 Å². The molecule has 0 spiro atoms. The summed E-state index contributed by atoms with van der Waals surface area (Å²) in [6.07, 6.45) is -0.330. The standard InChI is InChI=1S/C21H27NO3.3ClH.Ti/c1-7-22(8-2)21(24)25-18-12-10-14(4)16(6)20(18)19-15(5)13(3)9-11-17(19)23;;;;/h9-12,23H,7-8H2,1-6H3;3*1H;/q;;;;+4/p-4. The van der Waals surface area contributed by atoms with Crippen LogP contribution in [-0.2, 0) is 20.8 Å². The van der Waals surface area contributed by atoms with Crippen LogP contribution in [0.25, 0.3) is 11.1 Å². The van der Waals surface area contributed by atoms with Crippen molar-refractivity contribution in [1.82, 2.24) is 4.90 Å². The quantitative estimate of drug-likeness (QED) is 0.402. The van der Waals surface area contributed by atoms with E-state index in [0.29, 0.717) is 18.8 Å². The van der Waals surface area contributed by atoms with Gasteiger partial charge in [0.25, 0.3) is 0 Å². The molecule has 158 valence electrons. The fraction of sp³-hybridized carbons (Fsp3) is 0.381. The Morgan fingerprint density at radius 1 is 0.828 bits per heavy atom. The summed E-state index contributed by atoms with van der Waals surface area (Å²) in [6, 6.07) is 7.88. The number of aryl methyl sites for hydroxylation is 2. The van der Waals surface area contributed by atoms with Crippen LogP contribution in [0.2, 0.25) is 0 Å². The zero-order valence-electron chi connectivity index (χ0n) is 17.5. The van der Waals surface area contributed by atoms with E-state index in [2.05, 4.69) is 27.7 Å². The molecule has 0 radical (unpaired) electrons. The zero-order valence-corrected chi connectivity index (χ0v) is 21.4. The number of amides is 1. The van der Waals surface area contributed by atoms with E-state index >= 15 is 0 Å². The minimum atomic E-state index is -0.330. The van der Waals surface area contributed by atoms with Gasteiger partial charge >= 0.3 is 168 Å². The maximum absolute atomic E-state index is 12.5. The predicted molar refractivity (Wildman–Crippen MR) is 100 cm³/mol. The Labute approximate surface area is 204 Å². The van der Waals surface area contributed by atoms with Crippen LogP contribution in [0.5, 0.6) is 11.5 Å². The van der Waals surface area contributed by atoms with Crippen molar-refractivity contribution in [2.24, 2.45) is 0 Å². The minimum Gasteiger partial charge on any atom is -1.00 e. The van der Waals surface area contributed by atoms with Gasteiger partial charge in [0.1, 0.15) is 0 Å². The van der Waals surface area contributed by atoms with Gasteiger partial charge in [-0.25, -0.2) is 0 Å². The van der Waals surface area contributed by atoms with Gasteiger partial charge in [0, 0.05) is 0 Å². The van der Waals surface area contributed by atoms with Crippen LogP contribution in [0.3, 0.4) is 0 Å². The van der Waals surface area contributed by atoms with Crippen LogP contribution in [0.4, 0.5) is 4.79 Å². The van der Waals surface area contributed by atoms with E-state index in [9.17, 15) is 4.79 Å². The third kappa shape index (κ3) is 6.54. The second-order valence-corrected chi connectivity index (χ2v) is 6.72. The third-order valence-corrected chi connectivity index (χ3v) is 5.32. The molecule has 0 aromatic heterocycles. The Morgan fingerprint density at radius 2 is 1.24 bits per heavy atom. The van der Waals surface area contributed by atoms with E-state index in [4.69, 9.17) is 8.06 Å². The second kappa shape index (κ2) is 13.4. The summed E-state index contributed by atoms with van der Waals surface area (Å²) in [5.41, 5.74) is 6.42. The first-order chi connectivity index (χ1) is 12.3. The Kier molecular flexibility index (Phi) is 14.0. The fourth-order valence-corrected chi connectivity index (χ4v) is 3.28. The summed E-state index contributed by atoms with van der Waals surface area (Å²) in [7, 11) is 0. The number of carbonyl (C=O) groups is 1. The average molecular weight is 495 g/mol. The zero-order chi connectivity index (χ0) is 19.4. The fourth-order valence-electron chi connectivity index (χ4n) is 3.01. The Bertz CT molecular complexity index is 827. The van der Waals surface area contributed by atoms with Crippen molar-refractivity contribution in [3.05, 3.63) is 46.5 Å². The van der Waals surface area contributed by atoms with Crippen molar-refractivity contribution >= 4 is 6.09 Å². The van der Waals surface area contributed by atoms with Crippen LogP contribution in [-0.4, -0.2) is 24.1 Å². The molecule has 29 heavy (non-hydrogen) atoms. The van der Waals surface area contributed by atoms with Gasteiger partial charge in [0.15, 0.2) is 0 Å². The van der Waals surface area contributed by atoms with Crippen molar-refractivity contribution < 1.29 is 70.9 Å². The van der Waals surface area contributed by atoms with Crippen molar-refractivity contribution in [2.75, 3.05) is 13.1 Å². The molecule has 1 amide bonds. The molecule has 0 saturated heterocycles. The summed E-state index contributed by atoms with van der Waals surface area (Å²) >= 11 is 1.67. The number of nitrogens with zero attached hydrogens (tertiary/aromatic N) is 1. The van der Waals surface area contributed by atoms with Crippen LogP contribution in [0, 0.1) is 27.7 Å². The molecule has 0 N–H and O–H groups in total. The van der Waals surface area contributed by atoms with E-state index in [1.165, 1.54) is 5.56 Å². The maximum atomic E-state index is 12.5. The molecular weight excluding hydrogens is 468 g/mol. The number of halogens is 3. The SMILES string of the molecule is CCN(CC)C(=O)Oc1ccc(C)c(C)c1-c1c([O][Ti+3])ccc(C)c1C.[Cl-].[Cl-].[Cl-]. The van der Waals surface area contributed by atoms with Crippen LogP contribution in [0.15, 0.2) is 24.3 Å². The van der Waals surface area contributed by atoms with Gasteiger partial charge in [0.05, 0.1) is 0 Å². The number of hydrogen-bond donors (Lipinski definition) is 0. The molecule has 0 aliphatic carbocycles. The Hall–Kier alpha value is -0.906. The summed E-state index contributed by atoms with van der Waals surface area (Å²) in [6.45, 7) is 13.4. The Morgan fingerprint density at radius 3 is 1.66 bits per heavy atom. The Balaban J connectivity index is 0. The molecule has 8 heteroatoms. The van der Waals surface area contributed by atoms with Crippen LogP contribution in [0.1, 0.15) is 36.1 Å². The predicted octanol–water partition coefficient (Wildman–Crippen LogP) is -3.72. The molecule has 0 saturated carbocycles. The van der Waals surface area contributed by atoms with Gasteiger partial charge in [0.2, 0.25) is 0 Å². The third-order valence-electron chi connectivity index (χ3n) is 4.97. The minimum absolute atomic E-state index is 0. The summed E-state index contributed by atoms with van der Waals surface area (Å²) in [5.74, 6) is 1.35. The number of ether oxygens (including phenoxy) is 1. The van der Waals surface area contributed by atoms with E-state index in [0.717, 1.165) is 33.6 Å². The topological polar surface area (TPSA) is 38.8 Å². The monoisotopic (exact) mass is 493 g/mol. The van der Waals surface area contributed by atoms with Gasteiger partial charge in [-0.05, 0) is 0 Å². The van der Waals surface area contributed by atoms with E-state index < -0.39 is 0 Å². The largest absolute Gasteiger partial charge is 1.00 e.